The fourth-order valence-corrected chi connectivity index (χ4v) is 3.67. The average Bonchev–Trinajstić information content (AvgIpc) is 3.09. The van der Waals surface area contributed by atoms with E-state index in [1.165, 1.54) is 0 Å². The molecule has 1 N–H and O–H groups in total. The Morgan fingerprint density at radius 3 is 2.69 bits per heavy atom. The molecule has 5 nitrogen and oxygen atoms in total. The lowest BCUT2D eigenvalue weighted by atomic mass is 10.1. The van der Waals surface area contributed by atoms with E-state index in [2.05, 4.69) is 20.6 Å². The third-order valence-corrected chi connectivity index (χ3v) is 5.33. The Morgan fingerprint density at radius 2 is 2.00 bits per heavy atom. The number of carbonyl (C=O) groups excluding carboxylic acids is 1. The molecule has 0 unspecified atom stereocenters. The van der Waals surface area contributed by atoms with E-state index in [0.29, 0.717) is 6.42 Å². The third-order valence-electron chi connectivity index (χ3n) is 4.56. The second-order valence-corrected chi connectivity index (χ2v) is 7.70. The molecule has 1 aliphatic heterocycles. The van der Waals surface area contributed by atoms with Crippen molar-refractivity contribution in [2.75, 3.05) is 39.4 Å². The van der Waals surface area contributed by atoms with E-state index in [-0.39, 0.29) is 5.91 Å². The molecule has 1 aromatic heterocycles. The zero-order chi connectivity index (χ0) is 18.2. The van der Waals surface area contributed by atoms with Gasteiger partial charge in [-0.05, 0) is 31.9 Å². The van der Waals surface area contributed by atoms with Crippen LogP contribution in [-0.2, 0) is 16.0 Å². The van der Waals surface area contributed by atoms with E-state index in [4.69, 9.17) is 4.74 Å². The number of aromatic nitrogens is 1. The van der Waals surface area contributed by atoms with Gasteiger partial charge in [0.2, 0.25) is 5.91 Å². The largest absolute Gasteiger partial charge is 0.379 e. The minimum absolute atomic E-state index is 0.0913. The summed E-state index contributed by atoms with van der Waals surface area (Å²) < 4.78 is 5.35. The Bertz CT molecular complexity index is 693. The highest BCUT2D eigenvalue weighted by Crippen LogP contribution is 2.21. The van der Waals surface area contributed by atoms with Crippen LogP contribution >= 0.6 is 11.3 Å². The van der Waals surface area contributed by atoms with E-state index < -0.39 is 0 Å². The van der Waals surface area contributed by atoms with Crippen molar-refractivity contribution in [1.29, 1.82) is 0 Å². The summed E-state index contributed by atoms with van der Waals surface area (Å²) in [6.45, 7) is 7.60. The first-order chi connectivity index (χ1) is 12.7. The fraction of sp³-hybridized carbons (Fsp3) is 0.500. The number of ether oxygens (including phenoxy) is 1. The first-order valence-electron chi connectivity index (χ1n) is 9.29. The molecule has 140 valence electrons. The van der Waals surface area contributed by atoms with Gasteiger partial charge in [-0.25, -0.2) is 4.98 Å². The van der Waals surface area contributed by atoms with Crippen molar-refractivity contribution in [2.45, 2.75) is 26.2 Å². The third kappa shape index (κ3) is 5.90. The molecule has 0 radical (unpaired) electrons. The summed E-state index contributed by atoms with van der Waals surface area (Å²) in [5.74, 6) is 0.0913. The topological polar surface area (TPSA) is 54.5 Å². The van der Waals surface area contributed by atoms with Gasteiger partial charge in [0.1, 0.15) is 0 Å². The van der Waals surface area contributed by atoms with Gasteiger partial charge in [-0.15, -0.1) is 11.3 Å². The van der Waals surface area contributed by atoms with Crippen molar-refractivity contribution in [3.8, 4) is 11.3 Å². The Labute approximate surface area is 159 Å². The minimum atomic E-state index is 0.0913. The average molecular weight is 374 g/mol. The maximum Gasteiger partial charge on any atom is 0.224 e. The lowest BCUT2D eigenvalue weighted by Gasteiger charge is -2.26. The maximum absolute atomic E-state index is 12.1. The maximum atomic E-state index is 12.1. The van der Waals surface area contributed by atoms with Crippen LogP contribution < -0.4 is 5.32 Å². The van der Waals surface area contributed by atoms with Crippen LogP contribution in [0.1, 0.15) is 23.4 Å². The van der Waals surface area contributed by atoms with Crippen molar-refractivity contribution in [2.24, 2.45) is 0 Å². The Kier molecular flexibility index (Phi) is 7.17. The van der Waals surface area contributed by atoms with Crippen LogP contribution in [-0.4, -0.2) is 55.2 Å². The predicted octanol–water partition coefficient (Wildman–Crippen LogP) is 2.89. The number of nitrogens with zero attached hydrogens (tertiary/aromatic N) is 2. The van der Waals surface area contributed by atoms with Crippen LogP contribution in [0.5, 0.6) is 0 Å². The summed E-state index contributed by atoms with van der Waals surface area (Å²) >= 11 is 1.65. The summed E-state index contributed by atoms with van der Waals surface area (Å²) in [5, 5.41) is 6.16. The quantitative estimate of drug-likeness (QED) is 0.723. The van der Waals surface area contributed by atoms with Gasteiger partial charge in [0.15, 0.2) is 0 Å². The van der Waals surface area contributed by atoms with Crippen molar-refractivity contribution in [3.05, 3.63) is 40.2 Å². The summed E-state index contributed by atoms with van der Waals surface area (Å²) in [7, 11) is 0. The van der Waals surface area contributed by atoms with Gasteiger partial charge in [0, 0.05) is 30.6 Å². The molecule has 0 saturated carbocycles. The number of benzene rings is 1. The zero-order valence-corrected chi connectivity index (χ0v) is 16.2. The van der Waals surface area contributed by atoms with Crippen LogP contribution in [0, 0.1) is 6.92 Å². The molecular weight excluding hydrogens is 346 g/mol. The molecule has 0 atom stereocenters. The van der Waals surface area contributed by atoms with Gasteiger partial charge in [-0.3, -0.25) is 9.69 Å². The smallest absolute Gasteiger partial charge is 0.224 e. The highest BCUT2D eigenvalue weighted by Gasteiger charge is 2.09. The first-order valence-corrected chi connectivity index (χ1v) is 10.2. The van der Waals surface area contributed by atoms with E-state index in [1.807, 2.05) is 31.2 Å². The van der Waals surface area contributed by atoms with Crippen LogP contribution in [0.2, 0.25) is 0 Å². The Morgan fingerprint density at radius 1 is 1.23 bits per heavy atom. The number of nitrogens with one attached hydrogen (secondary N) is 1. The van der Waals surface area contributed by atoms with Crippen molar-refractivity contribution < 1.29 is 9.53 Å². The summed E-state index contributed by atoms with van der Waals surface area (Å²) in [6.07, 6.45) is 2.56. The van der Waals surface area contributed by atoms with Crippen molar-refractivity contribution in [3.63, 3.8) is 0 Å². The number of aryl methyl sites for hydroxylation is 1. The van der Waals surface area contributed by atoms with E-state index in [9.17, 15) is 4.79 Å². The Hall–Kier alpha value is -1.76. The molecule has 26 heavy (non-hydrogen) atoms. The lowest BCUT2D eigenvalue weighted by molar-refractivity contribution is -0.120. The normalized spacial score (nSPS) is 15.1. The lowest BCUT2D eigenvalue weighted by Crippen LogP contribution is -2.37. The van der Waals surface area contributed by atoms with Crippen molar-refractivity contribution in [1.82, 2.24) is 15.2 Å². The molecule has 1 aromatic carbocycles. The molecule has 2 aromatic rings. The molecule has 0 spiro atoms. The predicted molar refractivity (Wildman–Crippen MR) is 105 cm³/mol. The van der Waals surface area contributed by atoms with Gasteiger partial charge in [0.05, 0.1) is 30.3 Å². The second-order valence-electron chi connectivity index (χ2n) is 6.64. The molecular formula is C20H27N3O2S. The number of morpholine rings is 1. The van der Waals surface area contributed by atoms with Gasteiger partial charge in [-0.2, -0.15) is 0 Å². The van der Waals surface area contributed by atoms with Gasteiger partial charge < -0.3 is 10.1 Å². The molecule has 0 bridgehead atoms. The number of unbranched alkanes of at least 4 members (excludes halogenated alkanes) is 1. The second kappa shape index (κ2) is 9.80. The standard InChI is InChI=1S/C20H27N3O2S/c1-16-22-19(15-26-16)18-6-4-17(5-7-18)14-20(24)21-8-2-3-9-23-10-12-25-13-11-23/h4-7,15H,2-3,8-14H2,1H3,(H,21,24). The highest BCUT2D eigenvalue weighted by atomic mass is 32.1. The summed E-state index contributed by atoms with van der Waals surface area (Å²) in [4.78, 5) is 19.0. The number of amides is 1. The molecule has 6 heteroatoms. The van der Waals surface area contributed by atoms with Crippen LogP contribution in [0.3, 0.4) is 0 Å². The van der Waals surface area contributed by atoms with Crippen molar-refractivity contribution >= 4 is 17.2 Å². The number of hydrogen-bond acceptors (Lipinski definition) is 5. The van der Waals surface area contributed by atoms with E-state index in [0.717, 1.165) is 74.1 Å². The van der Waals surface area contributed by atoms with Gasteiger partial charge in [-0.1, -0.05) is 24.3 Å². The van der Waals surface area contributed by atoms with Crippen LogP contribution in [0.25, 0.3) is 11.3 Å². The molecule has 0 aliphatic carbocycles. The van der Waals surface area contributed by atoms with E-state index in [1.54, 1.807) is 11.3 Å². The SMILES string of the molecule is Cc1nc(-c2ccc(CC(=O)NCCCCN3CCOCC3)cc2)cs1. The Balaban J connectivity index is 1.34. The molecule has 1 amide bonds. The monoisotopic (exact) mass is 373 g/mol. The van der Waals surface area contributed by atoms with Crippen LogP contribution in [0.4, 0.5) is 0 Å². The first kappa shape index (κ1) is 19.0. The van der Waals surface area contributed by atoms with Crippen LogP contribution in [0.15, 0.2) is 29.6 Å². The number of rotatable bonds is 8. The van der Waals surface area contributed by atoms with Gasteiger partial charge in [0.25, 0.3) is 0 Å². The number of carbonyl (C=O) groups is 1. The molecule has 1 aliphatic rings. The summed E-state index contributed by atoms with van der Waals surface area (Å²) in [5.41, 5.74) is 3.14. The highest BCUT2D eigenvalue weighted by molar-refractivity contribution is 7.09. The number of thiazole rings is 1. The molecule has 1 fully saturated rings. The fourth-order valence-electron chi connectivity index (χ4n) is 3.05. The molecule has 1 saturated heterocycles. The number of hydrogen-bond donors (Lipinski definition) is 1. The zero-order valence-electron chi connectivity index (χ0n) is 15.4. The van der Waals surface area contributed by atoms with E-state index >= 15 is 0 Å². The molecule has 3 rings (SSSR count). The summed E-state index contributed by atoms with van der Waals surface area (Å²) in [6, 6.07) is 8.11. The molecule has 2 heterocycles. The van der Waals surface area contributed by atoms with Gasteiger partial charge >= 0.3 is 0 Å². The minimum Gasteiger partial charge on any atom is -0.379 e.